The summed E-state index contributed by atoms with van der Waals surface area (Å²) in [6.45, 7) is 1.78. The summed E-state index contributed by atoms with van der Waals surface area (Å²) in [7, 11) is -3.52. The van der Waals surface area contributed by atoms with Gasteiger partial charge in [0.1, 0.15) is 11.6 Å². The maximum absolute atomic E-state index is 13.6. The number of amides is 1. The number of hydrogen-bond donors (Lipinski definition) is 1. The third-order valence-corrected chi connectivity index (χ3v) is 4.84. The molecule has 2 aromatic rings. The van der Waals surface area contributed by atoms with Crippen molar-refractivity contribution in [2.24, 2.45) is 0 Å². The van der Waals surface area contributed by atoms with Crippen LogP contribution in [0.5, 0.6) is 0 Å². The summed E-state index contributed by atoms with van der Waals surface area (Å²) in [6.07, 6.45) is 1.24. The van der Waals surface area contributed by atoms with E-state index in [9.17, 15) is 17.6 Å². The average molecular weight is 369 g/mol. The van der Waals surface area contributed by atoms with E-state index < -0.39 is 10.0 Å². The first-order chi connectivity index (χ1) is 11.8. The Labute approximate surface area is 145 Å². The van der Waals surface area contributed by atoms with Gasteiger partial charge in [0.25, 0.3) is 0 Å². The van der Waals surface area contributed by atoms with Crippen LogP contribution < -0.4 is 5.32 Å². The topological polar surface area (TPSA) is 92.5 Å². The van der Waals surface area contributed by atoms with Crippen molar-refractivity contribution in [3.05, 3.63) is 47.5 Å². The van der Waals surface area contributed by atoms with Gasteiger partial charge in [0, 0.05) is 25.6 Å². The van der Waals surface area contributed by atoms with Crippen molar-refractivity contribution in [1.29, 1.82) is 0 Å². The molecule has 25 heavy (non-hydrogen) atoms. The number of carbonyl (C=O) groups is 1. The third-order valence-electron chi connectivity index (χ3n) is 3.54. The van der Waals surface area contributed by atoms with Crippen LogP contribution in [0.1, 0.15) is 17.7 Å². The van der Waals surface area contributed by atoms with E-state index in [0.29, 0.717) is 11.3 Å². The number of aromatic nitrogens is 1. The van der Waals surface area contributed by atoms with Gasteiger partial charge in [0.05, 0.1) is 6.26 Å². The highest BCUT2D eigenvalue weighted by atomic mass is 32.2. The van der Waals surface area contributed by atoms with Crippen LogP contribution in [0.2, 0.25) is 0 Å². The summed E-state index contributed by atoms with van der Waals surface area (Å²) in [6, 6.07) is 7.76. The molecule has 7 nitrogen and oxygen atoms in total. The van der Waals surface area contributed by atoms with E-state index in [1.54, 1.807) is 31.2 Å². The maximum atomic E-state index is 13.6. The Bertz CT molecular complexity index is 835. The lowest BCUT2D eigenvalue weighted by atomic mass is 10.1. The number of carbonyl (C=O) groups excluding carboxylic acids is 1. The van der Waals surface area contributed by atoms with Gasteiger partial charge in [-0.15, -0.1) is 0 Å². The van der Waals surface area contributed by atoms with Gasteiger partial charge in [-0.1, -0.05) is 23.4 Å². The number of aryl methyl sites for hydroxylation is 1. The van der Waals surface area contributed by atoms with Gasteiger partial charge >= 0.3 is 0 Å². The van der Waals surface area contributed by atoms with Gasteiger partial charge in [-0.05, 0) is 25.0 Å². The van der Waals surface area contributed by atoms with Gasteiger partial charge < -0.3 is 9.84 Å². The Balaban J connectivity index is 1.92. The van der Waals surface area contributed by atoms with Crippen LogP contribution in [0.25, 0.3) is 0 Å². The molecule has 0 unspecified atom stereocenters. The zero-order valence-electron chi connectivity index (χ0n) is 14.0. The zero-order valence-corrected chi connectivity index (χ0v) is 14.8. The number of hydrogen-bond acceptors (Lipinski definition) is 5. The molecular weight excluding hydrogens is 349 g/mol. The SMILES string of the molecule is Cc1cc(NC(=O)CCN(CCc2ccccc2F)S(C)(=O)=O)no1. The van der Waals surface area contributed by atoms with E-state index in [0.717, 1.165) is 10.6 Å². The van der Waals surface area contributed by atoms with Crippen LogP contribution in [-0.2, 0) is 21.2 Å². The fourth-order valence-corrected chi connectivity index (χ4v) is 3.09. The Morgan fingerprint density at radius 3 is 2.64 bits per heavy atom. The second-order valence-corrected chi connectivity index (χ2v) is 7.61. The monoisotopic (exact) mass is 369 g/mol. The van der Waals surface area contributed by atoms with Gasteiger partial charge in [0.15, 0.2) is 5.82 Å². The second-order valence-electron chi connectivity index (χ2n) is 5.62. The second kappa shape index (κ2) is 8.21. The average Bonchev–Trinajstić information content (AvgIpc) is 2.92. The van der Waals surface area contributed by atoms with E-state index in [1.165, 1.54) is 6.07 Å². The fourth-order valence-electron chi connectivity index (χ4n) is 2.25. The van der Waals surface area contributed by atoms with Crippen LogP contribution in [0, 0.1) is 12.7 Å². The first-order valence-electron chi connectivity index (χ1n) is 7.67. The van der Waals surface area contributed by atoms with Crippen LogP contribution in [0.4, 0.5) is 10.2 Å². The Kier molecular flexibility index (Phi) is 6.27. The van der Waals surface area contributed by atoms with Gasteiger partial charge in [-0.25, -0.2) is 17.1 Å². The number of rotatable bonds is 8. The minimum absolute atomic E-state index is 0.00402. The predicted molar refractivity (Wildman–Crippen MR) is 91.0 cm³/mol. The first kappa shape index (κ1) is 19.1. The van der Waals surface area contributed by atoms with Crippen molar-refractivity contribution in [2.75, 3.05) is 24.7 Å². The molecular formula is C16H20FN3O4S. The van der Waals surface area contributed by atoms with Crippen LogP contribution in [-0.4, -0.2) is 43.1 Å². The lowest BCUT2D eigenvalue weighted by molar-refractivity contribution is -0.116. The molecule has 0 saturated carbocycles. The minimum Gasteiger partial charge on any atom is -0.360 e. The summed E-state index contributed by atoms with van der Waals surface area (Å²) in [5.74, 6) is 0.0700. The molecule has 2 rings (SSSR count). The molecule has 0 aliphatic heterocycles. The smallest absolute Gasteiger partial charge is 0.226 e. The summed E-state index contributed by atoms with van der Waals surface area (Å²) < 4.78 is 43.4. The fraction of sp³-hybridized carbons (Fsp3) is 0.375. The maximum Gasteiger partial charge on any atom is 0.226 e. The molecule has 1 amide bonds. The molecule has 0 spiro atoms. The van der Waals surface area contributed by atoms with Gasteiger partial charge in [-0.3, -0.25) is 4.79 Å². The number of nitrogens with zero attached hydrogens (tertiary/aromatic N) is 2. The Morgan fingerprint density at radius 2 is 2.04 bits per heavy atom. The Hall–Kier alpha value is -2.26. The number of halogens is 1. The van der Waals surface area contributed by atoms with Crippen molar-refractivity contribution in [2.45, 2.75) is 19.8 Å². The number of anilines is 1. The molecule has 1 aromatic heterocycles. The standard InChI is InChI=1S/C16H20FN3O4S/c1-12-11-15(19-24-12)18-16(21)8-10-20(25(2,22)23)9-7-13-5-3-4-6-14(13)17/h3-6,11H,7-10H2,1-2H3,(H,18,19,21). The zero-order chi connectivity index (χ0) is 18.4. The van der Waals surface area contributed by atoms with E-state index in [1.807, 2.05) is 0 Å². The first-order valence-corrected chi connectivity index (χ1v) is 9.52. The minimum atomic E-state index is -3.52. The quantitative estimate of drug-likeness (QED) is 0.768. The van der Waals surface area contributed by atoms with Crippen molar-refractivity contribution in [3.63, 3.8) is 0 Å². The molecule has 9 heteroatoms. The van der Waals surface area contributed by atoms with Crippen molar-refractivity contribution in [1.82, 2.24) is 9.46 Å². The molecule has 0 aliphatic carbocycles. The van der Waals surface area contributed by atoms with Crippen molar-refractivity contribution >= 4 is 21.7 Å². The van der Waals surface area contributed by atoms with Crippen LogP contribution >= 0.6 is 0 Å². The highest BCUT2D eigenvalue weighted by Gasteiger charge is 2.18. The lowest BCUT2D eigenvalue weighted by Gasteiger charge is -2.19. The summed E-state index contributed by atoms with van der Waals surface area (Å²) in [5, 5.41) is 6.16. The number of benzene rings is 1. The number of nitrogens with one attached hydrogen (secondary N) is 1. The highest BCUT2D eigenvalue weighted by Crippen LogP contribution is 2.11. The van der Waals surface area contributed by atoms with Gasteiger partial charge in [-0.2, -0.15) is 0 Å². The van der Waals surface area contributed by atoms with E-state index in [4.69, 9.17) is 4.52 Å². The molecule has 0 bridgehead atoms. The highest BCUT2D eigenvalue weighted by molar-refractivity contribution is 7.88. The normalized spacial score (nSPS) is 11.7. The summed E-state index contributed by atoms with van der Waals surface area (Å²) in [4.78, 5) is 11.9. The molecule has 0 saturated heterocycles. The summed E-state index contributed by atoms with van der Waals surface area (Å²) in [5.41, 5.74) is 0.429. The molecule has 0 atom stereocenters. The molecule has 136 valence electrons. The molecule has 1 aromatic carbocycles. The number of sulfonamides is 1. The molecule has 0 radical (unpaired) electrons. The molecule has 1 N–H and O–H groups in total. The van der Waals surface area contributed by atoms with Crippen molar-refractivity contribution in [3.8, 4) is 0 Å². The van der Waals surface area contributed by atoms with Crippen LogP contribution in [0.3, 0.4) is 0 Å². The summed E-state index contributed by atoms with van der Waals surface area (Å²) >= 11 is 0. The predicted octanol–water partition coefficient (Wildman–Crippen LogP) is 1.96. The van der Waals surface area contributed by atoms with Crippen LogP contribution in [0.15, 0.2) is 34.9 Å². The molecule has 0 aliphatic rings. The largest absolute Gasteiger partial charge is 0.360 e. The van der Waals surface area contributed by atoms with Crippen molar-refractivity contribution < 1.29 is 22.1 Å². The van der Waals surface area contributed by atoms with E-state index in [2.05, 4.69) is 10.5 Å². The Morgan fingerprint density at radius 1 is 1.32 bits per heavy atom. The van der Waals surface area contributed by atoms with Gasteiger partial charge in [0.2, 0.25) is 15.9 Å². The third kappa shape index (κ3) is 5.95. The van der Waals surface area contributed by atoms with E-state index in [-0.39, 0.29) is 43.5 Å². The molecule has 0 fully saturated rings. The van der Waals surface area contributed by atoms with E-state index >= 15 is 0 Å². The lowest BCUT2D eigenvalue weighted by Crippen LogP contribution is -2.34. The molecule has 1 heterocycles.